The van der Waals surface area contributed by atoms with Gasteiger partial charge >= 0.3 is 0 Å². The minimum atomic E-state index is -1.37. The highest BCUT2D eigenvalue weighted by Gasteiger charge is 2.45. The van der Waals surface area contributed by atoms with Gasteiger partial charge in [-0.2, -0.15) is 0 Å². The number of ether oxygens (including phenoxy) is 2. The van der Waals surface area contributed by atoms with Gasteiger partial charge < -0.3 is 24.8 Å². The molecule has 3 aromatic carbocycles. The molecule has 4 N–H and O–H groups in total. The summed E-state index contributed by atoms with van der Waals surface area (Å²) in [5, 5.41) is 20.5. The number of hydrogen-bond donors (Lipinski definition) is 4. The van der Waals surface area contributed by atoms with E-state index >= 15 is 0 Å². The van der Waals surface area contributed by atoms with E-state index in [1.165, 1.54) is 28.5 Å². The van der Waals surface area contributed by atoms with E-state index in [2.05, 4.69) is 32.8 Å². The summed E-state index contributed by atoms with van der Waals surface area (Å²) in [6.45, 7) is 1.23. The van der Waals surface area contributed by atoms with Crippen LogP contribution in [0.5, 0.6) is 5.75 Å². The lowest BCUT2D eigenvalue weighted by molar-refractivity contribution is -0.136. The monoisotopic (exact) mass is 780 g/mol. The zero-order valence-electron chi connectivity index (χ0n) is 29.5. The van der Waals surface area contributed by atoms with Gasteiger partial charge in [0.2, 0.25) is 11.8 Å². The van der Waals surface area contributed by atoms with Crippen molar-refractivity contribution in [2.24, 2.45) is 0 Å². The molecule has 6 amide bonds. The van der Waals surface area contributed by atoms with Crippen molar-refractivity contribution in [1.82, 2.24) is 20.1 Å². The number of nitrogens with zero attached hydrogens (tertiary/aromatic N) is 3. The molecule has 3 aliphatic heterocycles. The highest BCUT2D eigenvalue weighted by Crippen LogP contribution is 2.37. The van der Waals surface area contributed by atoms with Gasteiger partial charge in [0.15, 0.2) is 5.13 Å². The Kier molecular flexibility index (Phi) is 11.1. The van der Waals surface area contributed by atoms with Gasteiger partial charge in [0, 0.05) is 47.9 Å². The average molecular weight is 781 g/mol. The molecule has 286 valence electrons. The fraction of sp³-hybridized carbons (Fsp3) is 0.256. The first-order chi connectivity index (χ1) is 27.1. The van der Waals surface area contributed by atoms with Gasteiger partial charge in [-0.25, -0.2) is 9.37 Å². The number of phenolic OH excluding ortho intramolecular Hbond substituents is 1. The van der Waals surface area contributed by atoms with E-state index in [0.717, 1.165) is 23.1 Å². The molecule has 2 atom stereocenters. The van der Waals surface area contributed by atoms with Crippen LogP contribution in [0.15, 0.2) is 66.2 Å². The summed E-state index contributed by atoms with van der Waals surface area (Å²) in [7, 11) is 0. The van der Waals surface area contributed by atoms with E-state index < -0.39 is 53.3 Å². The van der Waals surface area contributed by atoms with Crippen molar-refractivity contribution in [1.29, 1.82) is 0 Å². The van der Waals surface area contributed by atoms with Crippen LogP contribution in [0.2, 0.25) is 0 Å². The molecular formula is C39H33FN6O9S. The van der Waals surface area contributed by atoms with E-state index in [4.69, 9.17) is 9.47 Å². The van der Waals surface area contributed by atoms with Crippen LogP contribution in [-0.2, 0) is 30.4 Å². The molecule has 1 saturated heterocycles. The number of thiazole rings is 1. The first kappa shape index (κ1) is 37.8. The van der Waals surface area contributed by atoms with Crippen molar-refractivity contribution in [3.63, 3.8) is 0 Å². The van der Waals surface area contributed by atoms with Gasteiger partial charge in [-0.1, -0.05) is 24.0 Å². The van der Waals surface area contributed by atoms with Crippen molar-refractivity contribution in [2.75, 3.05) is 43.6 Å². The largest absolute Gasteiger partial charge is 0.508 e. The maximum Gasteiger partial charge on any atom is 0.262 e. The maximum absolute atomic E-state index is 14.3. The van der Waals surface area contributed by atoms with Crippen LogP contribution in [-0.4, -0.2) is 94.3 Å². The third-order valence-electron chi connectivity index (χ3n) is 9.26. The number of aromatic nitrogens is 1. The lowest BCUT2D eigenvalue weighted by Gasteiger charge is -2.27. The van der Waals surface area contributed by atoms with Crippen LogP contribution in [0.25, 0.3) is 0 Å². The minimum Gasteiger partial charge on any atom is -0.508 e. The van der Waals surface area contributed by atoms with Crippen LogP contribution in [0.3, 0.4) is 0 Å². The number of carbonyl (C=O) groups excluding carboxylic acids is 6. The maximum atomic E-state index is 14.3. The molecular weight excluding hydrogens is 748 g/mol. The molecule has 4 heterocycles. The molecule has 0 aliphatic carbocycles. The third-order valence-corrected chi connectivity index (χ3v) is 9.95. The Hall–Kier alpha value is -6.48. The number of nitrogens with one attached hydrogen (secondary N) is 3. The topological polar surface area (TPSA) is 197 Å². The molecule has 2 unspecified atom stereocenters. The normalized spacial score (nSPS) is 16.6. The van der Waals surface area contributed by atoms with E-state index in [1.807, 2.05) is 0 Å². The zero-order valence-corrected chi connectivity index (χ0v) is 30.3. The van der Waals surface area contributed by atoms with E-state index in [9.17, 15) is 38.3 Å². The number of rotatable bonds is 13. The smallest absolute Gasteiger partial charge is 0.262 e. The summed E-state index contributed by atoms with van der Waals surface area (Å²) in [5.41, 5.74) is 2.20. The Balaban J connectivity index is 0.882. The van der Waals surface area contributed by atoms with Crippen LogP contribution in [0.4, 0.5) is 15.2 Å². The van der Waals surface area contributed by atoms with Crippen LogP contribution < -0.4 is 16.0 Å². The average Bonchev–Trinajstić information content (AvgIpc) is 3.88. The number of amides is 6. The first-order valence-corrected chi connectivity index (χ1v) is 18.3. The second-order valence-corrected chi connectivity index (χ2v) is 13.7. The highest BCUT2D eigenvalue weighted by atomic mass is 32.1. The van der Waals surface area contributed by atoms with Gasteiger partial charge in [-0.3, -0.25) is 44.3 Å². The number of hydrogen-bond acceptors (Lipinski definition) is 12. The summed E-state index contributed by atoms with van der Waals surface area (Å²) in [5.74, 6) is 1.39. The Bertz CT molecular complexity index is 2310. The van der Waals surface area contributed by atoms with Crippen molar-refractivity contribution in [3.8, 4) is 17.6 Å². The van der Waals surface area contributed by atoms with Crippen LogP contribution in [0.1, 0.15) is 66.6 Å². The van der Waals surface area contributed by atoms with Crippen LogP contribution in [0, 0.1) is 17.7 Å². The van der Waals surface area contributed by atoms with Gasteiger partial charge in [-0.05, 0) is 54.4 Å². The number of benzene rings is 3. The van der Waals surface area contributed by atoms with E-state index in [1.54, 1.807) is 35.7 Å². The molecule has 7 rings (SSSR count). The predicted molar refractivity (Wildman–Crippen MR) is 198 cm³/mol. The number of halogens is 1. The number of carbonyl (C=O) groups is 6. The lowest BCUT2D eigenvalue weighted by atomic mass is 10.0. The molecule has 0 radical (unpaired) electrons. The predicted octanol–water partition coefficient (Wildman–Crippen LogP) is 3.22. The summed E-state index contributed by atoms with van der Waals surface area (Å²) in [4.78, 5) is 83.3. The Morgan fingerprint density at radius 3 is 2.64 bits per heavy atom. The van der Waals surface area contributed by atoms with Crippen molar-refractivity contribution in [2.45, 2.75) is 31.5 Å². The van der Waals surface area contributed by atoms with Gasteiger partial charge in [0.1, 0.15) is 30.3 Å². The number of anilines is 2. The number of aromatic hydroxyl groups is 1. The summed E-state index contributed by atoms with van der Waals surface area (Å²) >= 11 is 1.17. The van der Waals surface area contributed by atoms with Gasteiger partial charge in [0.05, 0.1) is 36.5 Å². The molecule has 17 heteroatoms. The quantitative estimate of drug-likeness (QED) is 0.0884. The van der Waals surface area contributed by atoms with Crippen molar-refractivity contribution < 1.29 is 47.7 Å². The second kappa shape index (κ2) is 16.5. The first-order valence-electron chi connectivity index (χ1n) is 17.5. The molecule has 1 aromatic heterocycles. The minimum absolute atomic E-state index is 0.0196. The Labute approximate surface area is 322 Å². The van der Waals surface area contributed by atoms with Crippen LogP contribution >= 0.6 is 11.3 Å². The number of piperidine rings is 1. The molecule has 4 aromatic rings. The number of phenols is 1. The standard InChI is InChI=1S/C39H33FN6O9S/c40-24-6-10-30(47)28(19-24)33(35(50)44-39-42-13-18-56-39)45-21-23-4-1-3-22(32(23)38(45)53)5-2-14-54-16-17-55-15-12-41-25-7-8-26-27(20-25)37(52)46(36(26)51)29-9-11-31(48)43-34(29)49/h1,3-4,6-8,10,13,18-20,29,33,41,47H,9,11-12,14-17,21H2,(H,42,44,50)(H,43,48,49). The summed E-state index contributed by atoms with van der Waals surface area (Å²) < 4.78 is 25.5. The molecule has 1 fully saturated rings. The molecule has 0 saturated carbocycles. The third kappa shape index (κ3) is 7.84. The molecule has 0 bridgehead atoms. The van der Waals surface area contributed by atoms with Gasteiger partial charge in [0.25, 0.3) is 23.6 Å². The SMILES string of the molecule is O=C1CCC(N2C(=O)c3ccc(NCCOCCOCC#Cc4cccc5c4C(=O)N(C(C(=O)Nc4nccs4)c4cc(F)ccc4O)C5)cc3C2=O)C(=O)N1. The molecule has 0 spiro atoms. The van der Waals surface area contributed by atoms with Crippen molar-refractivity contribution in [3.05, 3.63) is 105 Å². The summed E-state index contributed by atoms with van der Waals surface area (Å²) in [6.07, 6.45) is 1.62. The fourth-order valence-electron chi connectivity index (χ4n) is 6.67. The second-order valence-electron chi connectivity index (χ2n) is 12.8. The molecule has 3 aliphatic rings. The zero-order chi connectivity index (χ0) is 39.3. The number of imide groups is 2. The number of fused-ring (bicyclic) bond motifs is 2. The fourth-order valence-corrected chi connectivity index (χ4v) is 7.20. The van der Waals surface area contributed by atoms with E-state index in [0.29, 0.717) is 35.5 Å². The lowest BCUT2D eigenvalue weighted by Crippen LogP contribution is -2.54. The van der Waals surface area contributed by atoms with E-state index in [-0.39, 0.29) is 66.8 Å². The van der Waals surface area contributed by atoms with Gasteiger partial charge in [-0.15, -0.1) is 11.3 Å². The Morgan fingerprint density at radius 1 is 1.02 bits per heavy atom. The molecule has 15 nitrogen and oxygen atoms in total. The Morgan fingerprint density at radius 2 is 1.84 bits per heavy atom. The highest BCUT2D eigenvalue weighted by molar-refractivity contribution is 7.13. The summed E-state index contributed by atoms with van der Waals surface area (Å²) in [6, 6.07) is 10.7. The molecule has 56 heavy (non-hydrogen) atoms. The van der Waals surface area contributed by atoms with Crippen molar-refractivity contribution >= 4 is 57.6 Å².